The zero-order valence-corrected chi connectivity index (χ0v) is 5.43. The average Bonchev–Trinajstić information content (AvgIpc) is 2.13. The molecule has 0 aliphatic rings. The predicted molar refractivity (Wildman–Crippen MR) is 38.6 cm³/mol. The van der Waals surface area contributed by atoms with Crippen LogP contribution in [0.25, 0.3) is 0 Å². The first-order chi connectivity index (χ1) is 4.22. The highest BCUT2D eigenvalue weighted by molar-refractivity contribution is 7.21. The molecule has 1 rings (SSSR count). The van der Waals surface area contributed by atoms with Crippen molar-refractivity contribution in [3.05, 3.63) is 11.4 Å². The molecule has 0 saturated heterocycles. The maximum absolute atomic E-state index is 8.58. The normalized spacial score (nSPS) is 9.56. The molecule has 5 heteroatoms. The summed E-state index contributed by atoms with van der Waals surface area (Å²) in [6.07, 6.45) is 0. The number of thiophene rings is 1. The van der Waals surface area contributed by atoms with Gasteiger partial charge >= 0.3 is 7.12 Å². The van der Waals surface area contributed by atoms with Crippen LogP contribution in [0.2, 0.25) is 0 Å². The van der Waals surface area contributed by atoms with Crippen molar-refractivity contribution < 1.29 is 10.0 Å². The lowest BCUT2D eigenvalue weighted by Crippen LogP contribution is -2.28. The third kappa shape index (κ3) is 1.24. The van der Waals surface area contributed by atoms with Crippen LogP contribution in [0.1, 0.15) is 0 Å². The second kappa shape index (κ2) is 2.39. The van der Waals surface area contributed by atoms with Crippen molar-refractivity contribution in [3.8, 4) is 0 Å². The van der Waals surface area contributed by atoms with E-state index in [4.69, 9.17) is 15.8 Å². The van der Waals surface area contributed by atoms with Gasteiger partial charge in [-0.25, -0.2) is 0 Å². The zero-order valence-electron chi connectivity index (χ0n) is 4.61. The van der Waals surface area contributed by atoms with Crippen molar-refractivity contribution in [2.45, 2.75) is 0 Å². The zero-order chi connectivity index (χ0) is 6.85. The van der Waals surface area contributed by atoms with Gasteiger partial charge < -0.3 is 15.8 Å². The summed E-state index contributed by atoms with van der Waals surface area (Å²) in [6, 6.07) is 1.64. The van der Waals surface area contributed by atoms with Gasteiger partial charge in [-0.15, -0.1) is 0 Å². The van der Waals surface area contributed by atoms with Crippen LogP contribution in [0, 0.1) is 0 Å². The second-order valence-electron chi connectivity index (χ2n) is 1.61. The van der Waals surface area contributed by atoms with Crippen molar-refractivity contribution in [3.63, 3.8) is 0 Å². The van der Waals surface area contributed by atoms with Gasteiger partial charge in [0.2, 0.25) is 0 Å². The summed E-state index contributed by atoms with van der Waals surface area (Å²) < 4.78 is 0.412. The lowest BCUT2D eigenvalue weighted by molar-refractivity contribution is 0.427. The summed E-state index contributed by atoms with van der Waals surface area (Å²) in [5.41, 5.74) is 5.77. The predicted octanol–water partition coefficient (Wildman–Crippen LogP) is -0.990. The molecule has 0 atom stereocenters. The minimum atomic E-state index is -1.43. The van der Waals surface area contributed by atoms with Crippen LogP contribution in [0.4, 0.5) is 5.69 Å². The first-order valence-corrected chi connectivity index (χ1v) is 3.29. The van der Waals surface area contributed by atoms with Crippen LogP contribution in [0.3, 0.4) is 0 Å². The molecule has 0 amide bonds. The van der Waals surface area contributed by atoms with E-state index in [-0.39, 0.29) is 0 Å². The van der Waals surface area contributed by atoms with Crippen molar-refractivity contribution in [1.82, 2.24) is 0 Å². The van der Waals surface area contributed by atoms with E-state index in [1.807, 2.05) is 0 Å². The molecule has 0 radical (unpaired) electrons. The van der Waals surface area contributed by atoms with E-state index >= 15 is 0 Å². The Balaban J connectivity index is 2.94. The van der Waals surface area contributed by atoms with E-state index in [0.717, 1.165) is 0 Å². The van der Waals surface area contributed by atoms with Crippen LogP contribution in [0.5, 0.6) is 0 Å². The molecule has 0 unspecified atom stereocenters. The maximum Gasteiger partial charge on any atom is 0.501 e. The van der Waals surface area contributed by atoms with Gasteiger partial charge in [0.25, 0.3) is 0 Å². The first kappa shape index (κ1) is 6.60. The molecule has 0 saturated carbocycles. The van der Waals surface area contributed by atoms with Gasteiger partial charge in [-0.1, -0.05) is 0 Å². The van der Waals surface area contributed by atoms with E-state index in [1.165, 1.54) is 11.3 Å². The number of hydrogen-bond donors (Lipinski definition) is 3. The molecule has 0 aliphatic carbocycles. The second-order valence-corrected chi connectivity index (χ2v) is 2.56. The molecule has 0 spiro atoms. The van der Waals surface area contributed by atoms with Gasteiger partial charge in [-0.05, 0) is 11.4 Å². The lowest BCUT2D eigenvalue weighted by atomic mass is 9.88. The third-order valence-electron chi connectivity index (χ3n) is 0.962. The molecule has 48 valence electrons. The Morgan fingerprint density at radius 2 is 2.22 bits per heavy atom. The molecule has 0 aromatic carbocycles. The molecule has 4 N–H and O–H groups in total. The van der Waals surface area contributed by atoms with E-state index in [2.05, 4.69) is 0 Å². The van der Waals surface area contributed by atoms with Gasteiger partial charge in [-0.2, -0.15) is 11.3 Å². The molecule has 0 aliphatic heterocycles. The summed E-state index contributed by atoms with van der Waals surface area (Å²) in [7, 11) is -1.43. The minimum absolute atomic E-state index is 0.412. The molecule has 0 bridgehead atoms. The third-order valence-corrected chi connectivity index (χ3v) is 1.93. The van der Waals surface area contributed by atoms with Crippen LogP contribution in [-0.4, -0.2) is 17.2 Å². The van der Waals surface area contributed by atoms with Gasteiger partial charge in [0.15, 0.2) is 0 Å². The number of hydrogen-bond acceptors (Lipinski definition) is 4. The molecular formula is C4H6BNO2S. The number of rotatable bonds is 1. The molecule has 1 aromatic rings. The molecule has 9 heavy (non-hydrogen) atoms. The van der Waals surface area contributed by atoms with Crippen molar-refractivity contribution in [2.24, 2.45) is 0 Å². The number of nitrogens with two attached hydrogens (primary N) is 1. The largest absolute Gasteiger partial charge is 0.501 e. The van der Waals surface area contributed by atoms with Crippen molar-refractivity contribution in [2.75, 3.05) is 5.73 Å². The van der Waals surface area contributed by atoms with Crippen LogP contribution >= 0.6 is 11.3 Å². The van der Waals surface area contributed by atoms with E-state index in [9.17, 15) is 0 Å². The average molecular weight is 143 g/mol. The summed E-state index contributed by atoms with van der Waals surface area (Å²) in [4.78, 5) is 0. The van der Waals surface area contributed by atoms with E-state index in [0.29, 0.717) is 10.5 Å². The lowest BCUT2D eigenvalue weighted by Gasteiger charge is -1.93. The highest BCUT2D eigenvalue weighted by Crippen LogP contribution is 2.04. The Bertz CT molecular complexity index is 200. The Morgan fingerprint density at radius 3 is 2.44 bits per heavy atom. The number of anilines is 1. The Labute approximate surface area is 56.9 Å². The number of nitrogen functional groups attached to an aromatic ring is 1. The summed E-state index contributed by atoms with van der Waals surface area (Å²) >= 11 is 1.23. The van der Waals surface area contributed by atoms with Gasteiger partial charge in [-0.3, -0.25) is 0 Å². The smallest absolute Gasteiger partial charge is 0.423 e. The SMILES string of the molecule is Nc1ccsc1B(O)O. The highest BCUT2D eigenvalue weighted by atomic mass is 32.1. The maximum atomic E-state index is 8.58. The van der Waals surface area contributed by atoms with E-state index < -0.39 is 7.12 Å². The van der Waals surface area contributed by atoms with Crippen LogP contribution in [0.15, 0.2) is 11.4 Å². The topological polar surface area (TPSA) is 66.5 Å². The highest BCUT2D eigenvalue weighted by Gasteiger charge is 2.14. The summed E-state index contributed by atoms with van der Waals surface area (Å²) in [6.45, 7) is 0. The monoisotopic (exact) mass is 143 g/mol. The molecule has 1 heterocycles. The van der Waals surface area contributed by atoms with Crippen molar-refractivity contribution >= 4 is 28.9 Å². The minimum Gasteiger partial charge on any atom is -0.423 e. The Hall–Kier alpha value is -0.515. The fraction of sp³-hybridized carbons (Fsp3) is 0. The molecule has 0 fully saturated rings. The quantitative estimate of drug-likeness (QED) is 0.442. The summed E-state index contributed by atoms with van der Waals surface area (Å²) in [5.74, 6) is 0. The van der Waals surface area contributed by atoms with Gasteiger partial charge in [0, 0.05) is 5.69 Å². The first-order valence-electron chi connectivity index (χ1n) is 2.41. The van der Waals surface area contributed by atoms with Crippen molar-refractivity contribution in [1.29, 1.82) is 0 Å². The summed E-state index contributed by atoms with van der Waals surface area (Å²) in [5, 5.41) is 18.9. The Kier molecular flexibility index (Phi) is 1.75. The fourth-order valence-corrected chi connectivity index (χ4v) is 1.23. The molecule has 1 aromatic heterocycles. The van der Waals surface area contributed by atoms with Gasteiger partial charge in [0.1, 0.15) is 0 Å². The standard InChI is InChI=1S/C4H6BNO2S/c6-3-1-2-9-4(3)5(7)8/h1-2,7-8H,6H2. The van der Waals surface area contributed by atoms with Gasteiger partial charge in [0.05, 0.1) is 4.78 Å². The molecule has 3 nitrogen and oxygen atoms in total. The van der Waals surface area contributed by atoms with Crippen LogP contribution in [-0.2, 0) is 0 Å². The molecular weight excluding hydrogens is 137 g/mol. The fourth-order valence-electron chi connectivity index (χ4n) is 0.541. The van der Waals surface area contributed by atoms with E-state index in [1.54, 1.807) is 11.4 Å². The Morgan fingerprint density at radius 1 is 1.56 bits per heavy atom. The van der Waals surface area contributed by atoms with Crippen LogP contribution < -0.4 is 10.5 Å².